The number of benzene rings is 2. The highest BCUT2D eigenvalue weighted by Gasteiger charge is 2.41. The number of allylic oxidation sites excluding steroid dienone is 2. The predicted molar refractivity (Wildman–Crippen MR) is 113 cm³/mol. The van der Waals surface area contributed by atoms with Crippen molar-refractivity contribution in [2.75, 3.05) is 19.5 Å². The van der Waals surface area contributed by atoms with Crippen molar-refractivity contribution in [2.45, 2.75) is 24.8 Å². The number of hydrogen-bond acceptors (Lipinski definition) is 7. The van der Waals surface area contributed by atoms with Crippen molar-refractivity contribution in [3.63, 3.8) is 0 Å². The molecule has 2 atom stereocenters. The summed E-state index contributed by atoms with van der Waals surface area (Å²) < 4.78 is 12.8. The van der Waals surface area contributed by atoms with Gasteiger partial charge in [-0.2, -0.15) is 10.1 Å². The van der Waals surface area contributed by atoms with Gasteiger partial charge in [-0.05, 0) is 24.1 Å². The van der Waals surface area contributed by atoms with Crippen LogP contribution in [0.15, 0.2) is 60.1 Å². The third-order valence-electron chi connectivity index (χ3n) is 5.97. The number of anilines is 1. The Hall–Kier alpha value is -3.81. The van der Waals surface area contributed by atoms with Gasteiger partial charge in [0.2, 0.25) is 5.95 Å². The zero-order valence-corrected chi connectivity index (χ0v) is 17.2. The first-order valence-electron chi connectivity index (χ1n) is 10.0. The van der Waals surface area contributed by atoms with E-state index in [1.54, 1.807) is 31.0 Å². The molecule has 8 heteroatoms. The van der Waals surface area contributed by atoms with E-state index >= 15 is 0 Å². The van der Waals surface area contributed by atoms with Gasteiger partial charge in [0.05, 0.1) is 14.2 Å². The van der Waals surface area contributed by atoms with Gasteiger partial charge in [0, 0.05) is 29.2 Å². The number of Topliss-reactive ketones (excluding diaryl/α,β-unsaturated/α-hetero) is 1. The number of ether oxygens (including phenoxy) is 2. The summed E-state index contributed by atoms with van der Waals surface area (Å²) in [5.41, 5.74) is 2.97. The molecule has 2 aliphatic rings. The number of para-hydroxylation sites is 2. The highest BCUT2D eigenvalue weighted by atomic mass is 16.5. The van der Waals surface area contributed by atoms with Crippen LogP contribution in [0.1, 0.15) is 35.9 Å². The van der Waals surface area contributed by atoms with Crippen LogP contribution in [0.25, 0.3) is 0 Å². The molecule has 1 aromatic heterocycles. The van der Waals surface area contributed by atoms with Crippen LogP contribution in [-0.2, 0) is 4.79 Å². The molecule has 0 fully saturated rings. The molecule has 2 N–H and O–H groups in total. The number of aromatic nitrogens is 3. The maximum Gasteiger partial charge on any atom is 0.226 e. The van der Waals surface area contributed by atoms with Crippen molar-refractivity contribution < 1.29 is 19.4 Å². The minimum Gasteiger partial charge on any atom is -0.508 e. The maximum absolute atomic E-state index is 13.5. The zero-order chi connectivity index (χ0) is 21.5. The standard InChI is InChI=1S/C23H22N4O4/c1-30-19-9-5-7-15(22(19)31-2)21-20-16(26-23-24-12-25-27(21)23)10-13(11-18(20)29)14-6-3-4-8-17(14)28/h3-9,12-13,21,28H,10-11H2,1-2H3,(H,24,25,26)/t13-,21+/m1/s1. The third kappa shape index (κ3) is 3.02. The number of phenols is 1. The molecular formula is C23H22N4O4. The molecule has 0 saturated carbocycles. The van der Waals surface area contributed by atoms with E-state index in [1.165, 1.54) is 6.33 Å². The molecule has 0 radical (unpaired) electrons. The fraction of sp³-hybridized carbons (Fsp3) is 0.261. The lowest BCUT2D eigenvalue weighted by molar-refractivity contribution is -0.116. The molecule has 1 aliphatic heterocycles. The average molecular weight is 418 g/mol. The molecule has 31 heavy (non-hydrogen) atoms. The van der Waals surface area contributed by atoms with Gasteiger partial charge in [-0.3, -0.25) is 4.79 Å². The first-order valence-corrected chi connectivity index (χ1v) is 10.0. The highest BCUT2D eigenvalue weighted by Crippen LogP contribution is 2.48. The van der Waals surface area contributed by atoms with Crippen LogP contribution in [-0.4, -0.2) is 39.9 Å². The molecule has 0 bridgehead atoms. The van der Waals surface area contributed by atoms with Crippen LogP contribution in [0.4, 0.5) is 5.95 Å². The van der Waals surface area contributed by atoms with Crippen LogP contribution in [0.3, 0.4) is 0 Å². The van der Waals surface area contributed by atoms with Crippen LogP contribution in [0, 0.1) is 0 Å². The largest absolute Gasteiger partial charge is 0.508 e. The molecule has 2 heterocycles. The maximum atomic E-state index is 13.5. The van der Waals surface area contributed by atoms with Crippen molar-refractivity contribution in [3.8, 4) is 17.2 Å². The Morgan fingerprint density at radius 1 is 1.06 bits per heavy atom. The molecule has 0 spiro atoms. The Morgan fingerprint density at radius 2 is 1.87 bits per heavy atom. The Labute approximate surface area is 179 Å². The van der Waals surface area contributed by atoms with E-state index in [4.69, 9.17) is 9.47 Å². The zero-order valence-electron chi connectivity index (χ0n) is 17.2. The number of aromatic hydroxyl groups is 1. The number of carbonyl (C=O) groups excluding carboxylic acids is 1. The van der Waals surface area contributed by atoms with Crippen molar-refractivity contribution in [2.24, 2.45) is 0 Å². The van der Waals surface area contributed by atoms with E-state index in [2.05, 4.69) is 15.4 Å². The lowest BCUT2D eigenvalue weighted by Gasteiger charge is -2.35. The van der Waals surface area contributed by atoms with E-state index in [0.29, 0.717) is 35.9 Å². The number of phenolic OH excluding ortho intramolecular Hbond substituents is 1. The van der Waals surface area contributed by atoms with E-state index in [0.717, 1.165) is 16.8 Å². The summed E-state index contributed by atoms with van der Waals surface area (Å²) in [5, 5.41) is 18.0. The third-order valence-corrected chi connectivity index (χ3v) is 5.97. The van der Waals surface area contributed by atoms with Gasteiger partial charge in [0.1, 0.15) is 18.1 Å². The summed E-state index contributed by atoms with van der Waals surface area (Å²) >= 11 is 0. The van der Waals surface area contributed by atoms with Gasteiger partial charge < -0.3 is 19.9 Å². The normalized spacial score (nSPS) is 20.0. The molecule has 3 aromatic rings. The molecular weight excluding hydrogens is 396 g/mol. The second-order valence-electron chi connectivity index (χ2n) is 7.62. The molecule has 2 aromatic carbocycles. The summed E-state index contributed by atoms with van der Waals surface area (Å²) in [6, 6.07) is 12.3. The number of nitrogens with one attached hydrogen (secondary N) is 1. The monoisotopic (exact) mass is 418 g/mol. The molecule has 1 aliphatic carbocycles. The van der Waals surface area contributed by atoms with Crippen LogP contribution in [0.5, 0.6) is 17.2 Å². The lowest BCUT2D eigenvalue weighted by atomic mass is 9.77. The molecule has 158 valence electrons. The first kappa shape index (κ1) is 19.2. The molecule has 5 rings (SSSR count). The summed E-state index contributed by atoms with van der Waals surface area (Å²) in [4.78, 5) is 17.8. The highest BCUT2D eigenvalue weighted by molar-refractivity contribution is 6.00. The van der Waals surface area contributed by atoms with E-state index in [-0.39, 0.29) is 17.5 Å². The summed E-state index contributed by atoms with van der Waals surface area (Å²) in [7, 11) is 3.16. The Balaban J connectivity index is 1.65. The summed E-state index contributed by atoms with van der Waals surface area (Å²) in [6.45, 7) is 0. The lowest BCUT2D eigenvalue weighted by Crippen LogP contribution is -2.33. The van der Waals surface area contributed by atoms with E-state index < -0.39 is 6.04 Å². The first-order chi connectivity index (χ1) is 15.1. The number of nitrogens with zero attached hydrogens (tertiary/aromatic N) is 3. The molecule has 0 saturated heterocycles. The van der Waals surface area contributed by atoms with Gasteiger partial charge in [-0.25, -0.2) is 4.68 Å². The van der Waals surface area contributed by atoms with Crippen molar-refractivity contribution in [1.82, 2.24) is 14.8 Å². The summed E-state index contributed by atoms with van der Waals surface area (Å²) in [6.07, 6.45) is 2.34. The summed E-state index contributed by atoms with van der Waals surface area (Å²) in [5.74, 6) is 1.77. The van der Waals surface area contributed by atoms with Gasteiger partial charge in [-0.15, -0.1) is 0 Å². The number of carbonyl (C=O) groups is 1. The van der Waals surface area contributed by atoms with Crippen molar-refractivity contribution in [1.29, 1.82) is 0 Å². The second-order valence-corrected chi connectivity index (χ2v) is 7.62. The van der Waals surface area contributed by atoms with Gasteiger partial charge in [-0.1, -0.05) is 30.3 Å². The van der Waals surface area contributed by atoms with Crippen LogP contribution >= 0.6 is 0 Å². The Morgan fingerprint density at radius 3 is 2.65 bits per heavy atom. The smallest absolute Gasteiger partial charge is 0.226 e. The van der Waals surface area contributed by atoms with Crippen LogP contribution < -0.4 is 14.8 Å². The fourth-order valence-corrected chi connectivity index (χ4v) is 4.62. The molecule has 0 amide bonds. The van der Waals surface area contributed by atoms with Crippen LogP contribution in [0.2, 0.25) is 0 Å². The minimum absolute atomic E-state index is 0.00183. The fourth-order valence-electron chi connectivity index (χ4n) is 4.62. The van der Waals surface area contributed by atoms with Gasteiger partial charge in [0.15, 0.2) is 17.3 Å². The molecule has 8 nitrogen and oxygen atoms in total. The average Bonchev–Trinajstić information content (AvgIpc) is 3.25. The van der Waals surface area contributed by atoms with E-state index in [1.807, 2.05) is 30.3 Å². The predicted octanol–water partition coefficient (Wildman–Crippen LogP) is 3.42. The van der Waals surface area contributed by atoms with Crippen molar-refractivity contribution >= 4 is 11.7 Å². The number of fused-ring (bicyclic) bond motifs is 1. The quantitative estimate of drug-likeness (QED) is 0.670. The Kier molecular flexibility index (Phi) is 4.62. The Bertz CT molecular complexity index is 1200. The second kappa shape index (κ2) is 7.46. The molecule has 0 unspecified atom stereocenters. The number of methoxy groups -OCH3 is 2. The van der Waals surface area contributed by atoms with Gasteiger partial charge >= 0.3 is 0 Å². The number of hydrogen-bond donors (Lipinski definition) is 2. The number of rotatable bonds is 4. The van der Waals surface area contributed by atoms with Crippen molar-refractivity contribution in [3.05, 3.63) is 71.2 Å². The van der Waals surface area contributed by atoms with E-state index in [9.17, 15) is 9.90 Å². The number of ketones is 1. The minimum atomic E-state index is -0.489. The topological polar surface area (TPSA) is 98.5 Å². The van der Waals surface area contributed by atoms with Gasteiger partial charge in [0.25, 0.3) is 0 Å². The SMILES string of the molecule is COc1cccc([C@H]2C3=C(C[C@@H](c4ccccc4O)CC3=O)Nc3ncnn32)c1OC.